The zero-order valence-corrected chi connectivity index (χ0v) is 16.8. The van der Waals surface area contributed by atoms with Gasteiger partial charge in [-0.25, -0.2) is 0 Å². The van der Waals surface area contributed by atoms with Crippen LogP contribution in [-0.2, 0) is 24.2 Å². The monoisotopic (exact) mass is 356 g/mol. The van der Waals surface area contributed by atoms with Gasteiger partial charge in [-0.15, -0.1) is 10.3 Å². The molecular weight excluding hydrogens is 322 g/mol. The maximum absolute atomic E-state index is 13.1. The number of piperidine rings is 1. The summed E-state index contributed by atoms with van der Waals surface area (Å²) < 4.78 is 17.8. The van der Waals surface area contributed by atoms with E-state index in [9.17, 15) is 10.0 Å². The second-order valence-electron chi connectivity index (χ2n) is 8.73. The van der Waals surface area contributed by atoms with E-state index in [1.807, 2.05) is 34.6 Å². The van der Waals surface area contributed by atoms with Crippen molar-refractivity contribution in [3.05, 3.63) is 0 Å². The lowest BCUT2D eigenvalue weighted by Gasteiger charge is -2.62. The van der Waals surface area contributed by atoms with Gasteiger partial charge in [0.25, 0.3) is 0 Å². The maximum Gasteiger partial charge on any atom is 0.302 e. The molecule has 2 heterocycles. The fourth-order valence-corrected chi connectivity index (χ4v) is 4.13. The first-order valence-electron chi connectivity index (χ1n) is 9.36. The van der Waals surface area contributed by atoms with Crippen LogP contribution in [0, 0.1) is 11.3 Å². The number of carbonyl (C=O) groups excluding carboxylic acids is 1. The lowest BCUT2D eigenvalue weighted by molar-refractivity contribution is -0.414. The topological polar surface area (TPSA) is 67.9 Å². The maximum atomic E-state index is 13.1. The van der Waals surface area contributed by atoms with Gasteiger partial charge in [0.1, 0.15) is 6.61 Å². The number of esters is 1. The highest BCUT2D eigenvalue weighted by atomic mass is 16.7. The highest BCUT2D eigenvalue weighted by molar-refractivity contribution is 5.65. The van der Waals surface area contributed by atoms with Crippen LogP contribution in [0.4, 0.5) is 0 Å². The molecule has 3 atom stereocenters. The van der Waals surface area contributed by atoms with Gasteiger partial charge in [-0.3, -0.25) is 4.79 Å². The first-order chi connectivity index (χ1) is 11.5. The Balaban J connectivity index is 2.24. The average molecular weight is 356 g/mol. The van der Waals surface area contributed by atoms with Crippen molar-refractivity contribution in [3.8, 4) is 0 Å². The zero-order chi connectivity index (χ0) is 19.1. The van der Waals surface area contributed by atoms with E-state index in [0.29, 0.717) is 19.6 Å². The fourth-order valence-electron chi connectivity index (χ4n) is 4.13. The Bertz CT molecular complexity index is 502. The fraction of sp³-hybridized carbons (Fsp3) is 0.947. The third-order valence-electron chi connectivity index (χ3n) is 6.61. The van der Waals surface area contributed by atoms with Crippen molar-refractivity contribution in [2.24, 2.45) is 11.3 Å². The molecule has 0 aromatic carbocycles. The summed E-state index contributed by atoms with van der Waals surface area (Å²) in [7, 11) is 0. The van der Waals surface area contributed by atoms with Gasteiger partial charge in [0, 0.05) is 24.7 Å². The summed E-state index contributed by atoms with van der Waals surface area (Å²) in [4.78, 5) is 11.1. The van der Waals surface area contributed by atoms with Crippen LogP contribution in [-0.4, -0.2) is 47.7 Å². The zero-order valence-electron chi connectivity index (χ0n) is 16.8. The van der Waals surface area contributed by atoms with Crippen molar-refractivity contribution in [2.45, 2.75) is 84.6 Å². The predicted octanol–water partition coefficient (Wildman–Crippen LogP) is 3.32. The average Bonchev–Trinajstić information content (AvgIpc) is 2.59. The number of carbonyl (C=O) groups is 1. The normalized spacial score (nSPS) is 45.5. The molecule has 2 aliphatic rings. The van der Waals surface area contributed by atoms with Crippen LogP contribution in [0.1, 0.15) is 67.7 Å². The van der Waals surface area contributed by atoms with Gasteiger partial charge in [-0.1, -0.05) is 27.7 Å². The first kappa shape index (κ1) is 20.6. The number of hydrogen-bond donors (Lipinski definition) is 0. The van der Waals surface area contributed by atoms with Crippen LogP contribution in [0.15, 0.2) is 0 Å². The smallest absolute Gasteiger partial charge is 0.302 e. The minimum absolute atomic E-state index is 0.0691. The van der Waals surface area contributed by atoms with Crippen molar-refractivity contribution >= 4 is 5.97 Å². The van der Waals surface area contributed by atoms with Crippen molar-refractivity contribution < 1.29 is 24.2 Å². The lowest BCUT2D eigenvalue weighted by atomic mass is 9.67. The molecule has 0 saturated carbocycles. The van der Waals surface area contributed by atoms with Crippen LogP contribution in [0.5, 0.6) is 0 Å². The van der Waals surface area contributed by atoms with Crippen molar-refractivity contribution in [3.63, 3.8) is 0 Å². The van der Waals surface area contributed by atoms with E-state index in [1.165, 1.54) is 12.0 Å². The molecule has 2 saturated heterocycles. The molecular formula is C19H34NO5. The molecule has 2 fully saturated rings. The molecule has 25 heavy (non-hydrogen) atoms. The van der Waals surface area contributed by atoms with Gasteiger partial charge < -0.3 is 14.2 Å². The Morgan fingerprint density at radius 3 is 2.16 bits per heavy atom. The van der Waals surface area contributed by atoms with E-state index in [4.69, 9.17) is 14.2 Å². The summed E-state index contributed by atoms with van der Waals surface area (Å²) in [6, 6.07) is 0. The molecule has 0 N–H and O–H groups in total. The largest absolute Gasteiger partial charge is 0.465 e. The highest BCUT2D eigenvalue weighted by Crippen LogP contribution is 2.53. The van der Waals surface area contributed by atoms with Crippen LogP contribution >= 0.6 is 0 Å². The third kappa shape index (κ3) is 3.46. The molecule has 6 heteroatoms. The van der Waals surface area contributed by atoms with E-state index in [-0.39, 0.29) is 23.9 Å². The number of nitrogens with zero attached hydrogens (tertiary/aromatic N) is 1. The van der Waals surface area contributed by atoms with E-state index < -0.39 is 16.9 Å². The van der Waals surface area contributed by atoms with Crippen molar-refractivity contribution in [1.82, 2.24) is 5.06 Å². The number of rotatable bonds is 4. The standard InChI is InChI=1S/C19H34NO5/c1-8-17(6)10-19(14(3)18(7,9-2)20(17)22)24-12-16(5,13-25-19)11-23-15(4)21/h14H,8-13H2,1-7H3. The van der Waals surface area contributed by atoms with Crippen molar-refractivity contribution in [1.29, 1.82) is 0 Å². The van der Waals surface area contributed by atoms with E-state index in [0.717, 1.165) is 12.8 Å². The summed E-state index contributed by atoms with van der Waals surface area (Å²) in [6.07, 6.45) is 2.00. The van der Waals surface area contributed by atoms with E-state index >= 15 is 0 Å². The second kappa shape index (κ2) is 6.80. The van der Waals surface area contributed by atoms with Gasteiger partial charge in [0.2, 0.25) is 0 Å². The molecule has 6 nitrogen and oxygen atoms in total. The Morgan fingerprint density at radius 1 is 1.16 bits per heavy atom. The molecule has 2 aliphatic heterocycles. The number of hydroxylamine groups is 2. The number of hydrogen-bond acceptors (Lipinski definition) is 5. The summed E-state index contributed by atoms with van der Waals surface area (Å²) in [5, 5.41) is 14.4. The van der Waals surface area contributed by atoms with Crippen molar-refractivity contribution in [2.75, 3.05) is 19.8 Å². The summed E-state index contributed by atoms with van der Waals surface area (Å²) in [5.41, 5.74) is -1.44. The molecule has 0 aromatic rings. The molecule has 0 aliphatic carbocycles. The quantitative estimate of drug-likeness (QED) is 0.723. The van der Waals surface area contributed by atoms with Gasteiger partial charge in [0.05, 0.1) is 24.3 Å². The van der Waals surface area contributed by atoms with Crippen LogP contribution < -0.4 is 0 Å². The summed E-state index contributed by atoms with van der Waals surface area (Å²) in [6.45, 7) is 14.7. The third-order valence-corrected chi connectivity index (χ3v) is 6.61. The lowest BCUT2D eigenvalue weighted by Crippen LogP contribution is -2.72. The molecule has 0 bridgehead atoms. The molecule has 3 unspecified atom stereocenters. The molecule has 2 rings (SSSR count). The van der Waals surface area contributed by atoms with Crippen LogP contribution in [0.2, 0.25) is 0 Å². The summed E-state index contributed by atoms with van der Waals surface area (Å²) in [5.74, 6) is -1.14. The Labute approximate surface area is 151 Å². The molecule has 1 spiro atoms. The molecule has 0 amide bonds. The van der Waals surface area contributed by atoms with Gasteiger partial charge >= 0.3 is 5.97 Å². The van der Waals surface area contributed by atoms with Gasteiger partial charge in [-0.2, -0.15) is 0 Å². The molecule has 1 radical (unpaired) electrons. The van der Waals surface area contributed by atoms with Gasteiger partial charge in [-0.05, 0) is 26.7 Å². The highest BCUT2D eigenvalue weighted by Gasteiger charge is 2.63. The minimum Gasteiger partial charge on any atom is -0.465 e. The second-order valence-corrected chi connectivity index (χ2v) is 8.73. The molecule has 0 aromatic heterocycles. The van der Waals surface area contributed by atoms with Gasteiger partial charge in [0.15, 0.2) is 5.79 Å². The Kier molecular flexibility index (Phi) is 5.61. The van der Waals surface area contributed by atoms with Crippen LogP contribution in [0.25, 0.3) is 0 Å². The Hall–Kier alpha value is -0.690. The minimum atomic E-state index is -0.772. The Morgan fingerprint density at radius 2 is 1.72 bits per heavy atom. The van der Waals surface area contributed by atoms with E-state index in [2.05, 4.69) is 6.92 Å². The summed E-state index contributed by atoms with van der Waals surface area (Å²) >= 11 is 0. The predicted molar refractivity (Wildman–Crippen MR) is 93.1 cm³/mol. The van der Waals surface area contributed by atoms with Crippen LogP contribution in [0.3, 0.4) is 0 Å². The molecule has 145 valence electrons. The van der Waals surface area contributed by atoms with E-state index in [1.54, 1.807) is 0 Å². The SMILES string of the molecule is CCC1(C)CC2(OCC(C)(COC(C)=O)CO2)C(C)C(C)(CC)N1[O]. The number of ether oxygens (including phenoxy) is 3. The first-order valence-corrected chi connectivity index (χ1v) is 9.36.